The molecule has 0 aliphatic carbocycles. The molecule has 0 aliphatic rings. The Morgan fingerprint density at radius 3 is 2.23 bits per heavy atom. The SMILES string of the molecule is Cc1ccc(S(=O)(=O)N(C)c2ccc(OCC(=O)Nc3cccc(C)c3C)cc2)cc1. The van der Waals surface area contributed by atoms with E-state index in [4.69, 9.17) is 4.74 Å². The number of benzene rings is 3. The molecule has 0 fully saturated rings. The molecule has 162 valence electrons. The Labute approximate surface area is 183 Å². The lowest BCUT2D eigenvalue weighted by Gasteiger charge is -2.20. The van der Waals surface area contributed by atoms with Gasteiger partial charge in [0.2, 0.25) is 0 Å². The quantitative estimate of drug-likeness (QED) is 0.591. The molecule has 0 bridgehead atoms. The summed E-state index contributed by atoms with van der Waals surface area (Å²) in [4.78, 5) is 12.4. The molecule has 3 aromatic rings. The van der Waals surface area contributed by atoms with Crippen LogP contribution in [0.4, 0.5) is 11.4 Å². The van der Waals surface area contributed by atoms with Gasteiger partial charge in [-0.25, -0.2) is 8.42 Å². The van der Waals surface area contributed by atoms with Crippen molar-refractivity contribution in [2.24, 2.45) is 0 Å². The minimum Gasteiger partial charge on any atom is -0.484 e. The minimum atomic E-state index is -3.66. The third-order valence-electron chi connectivity index (χ3n) is 5.13. The van der Waals surface area contributed by atoms with Crippen LogP contribution in [0.25, 0.3) is 0 Å². The van der Waals surface area contributed by atoms with Gasteiger partial charge in [-0.3, -0.25) is 9.10 Å². The summed E-state index contributed by atoms with van der Waals surface area (Å²) in [7, 11) is -2.16. The second kappa shape index (κ2) is 9.22. The number of nitrogens with zero attached hydrogens (tertiary/aromatic N) is 1. The molecule has 3 rings (SSSR count). The van der Waals surface area contributed by atoms with E-state index in [0.717, 1.165) is 22.4 Å². The van der Waals surface area contributed by atoms with Gasteiger partial charge in [0.25, 0.3) is 15.9 Å². The van der Waals surface area contributed by atoms with Gasteiger partial charge in [-0.15, -0.1) is 0 Å². The predicted molar refractivity (Wildman–Crippen MR) is 123 cm³/mol. The third kappa shape index (κ3) is 5.24. The Morgan fingerprint density at radius 1 is 0.935 bits per heavy atom. The lowest BCUT2D eigenvalue weighted by Crippen LogP contribution is -2.26. The van der Waals surface area contributed by atoms with Crippen LogP contribution >= 0.6 is 0 Å². The van der Waals surface area contributed by atoms with Crippen molar-refractivity contribution in [2.45, 2.75) is 25.7 Å². The van der Waals surface area contributed by atoms with Crippen molar-refractivity contribution in [3.05, 3.63) is 83.4 Å². The van der Waals surface area contributed by atoms with E-state index in [2.05, 4.69) is 5.32 Å². The van der Waals surface area contributed by atoms with Gasteiger partial charge in [0.05, 0.1) is 10.6 Å². The van der Waals surface area contributed by atoms with E-state index in [0.29, 0.717) is 11.4 Å². The number of amides is 1. The summed E-state index contributed by atoms with van der Waals surface area (Å²) in [6.45, 7) is 5.69. The molecule has 7 heteroatoms. The van der Waals surface area contributed by atoms with Crippen molar-refractivity contribution in [3.8, 4) is 5.75 Å². The van der Waals surface area contributed by atoms with Crippen LogP contribution in [0, 0.1) is 20.8 Å². The first-order valence-corrected chi connectivity index (χ1v) is 11.3. The molecule has 0 heterocycles. The fourth-order valence-corrected chi connectivity index (χ4v) is 4.18. The van der Waals surface area contributed by atoms with E-state index in [-0.39, 0.29) is 17.4 Å². The number of aryl methyl sites for hydroxylation is 2. The Kier molecular flexibility index (Phi) is 6.65. The average Bonchev–Trinajstić information content (AvgIpc) is 2.75. The smallest absolute Gasteiger partial charge is 0.264 e. The molecule has 1 amide bonds. The molecule has 0 saturated heterocycles. The largest absolute Gasteiger partial charge is 0.484 e. The summed E-state index contributed by atoms with van der Waals surface area (Å²) >= 11 is 0. The first-order valence-electron chi connectivity index (χ1n) is 9.83. The zero-order chi connectivity index (χ0) is 22.6. The molecule has 0 saturated carbocycles. The topological polar surface area (TPSA) is 75.7 Å². The van der Waals surface area contributed by atoms with Crippen LogP contribution in [0.5, 0.6) is 5.75 Å². The Morgan fingerprint density at radius 2 is 1.58 bits per heavy atom. The standard InChI is InChI=1S/C24H26N2O4S/c1-17-8-14-22(15-9-17)31(28,29)26(4)20-10-12-21(13-11-20)30-16-24(27)25-23-7-5-6-18(2)19(23)3/h5-15H,16H2,1-4H3,(H,25,27). The van der Waals surface area contributed by atoms with Gasteiger partial charge in [0.1, 0.15) is 5.75 Å². The average molecular weight is 439 g/mol. The molecule has 0 radical (unpaired) electrons. The molecular weight excluding hydrogens is 412 g/mol. The molecule has 0 spiro atoms. The van der Waals surface area contributed by atoms with Crippen LogP contribution in [0.1, 0.15) is 16.7 Å². The number of carbonyl (C=O) groups is 1. The molecular formula is C24H26N2O4S. The van der Waals surface area contributed by atoms with Crippen molar-refractivity contribution < 1.29 is 17.9 Å². The van der Waals surface area contributed by atoms with E-state index in [1.807, 2.05) is 39.0 Å². The zero-order valence-corrected chi connectivity index (χ0v) is 18.9. The second-order valence-electron chi connectivity index (χ2n) is 7.36. The molecule has 0 aliphatic heterocycles. The molecule has 0 unspecified atom stereocenters. The second-order valence-corrected chi connectivity index (χ2v) is 9.33. The maximum Gasteiger partial charge on any atom is 0.264 e. The Bertz CT molecular complexity index is 1170. The van der Waals surface area contributed by atoms with Gasteiger partial charge in [-0.2, -0.15) is 0 Å². The van der Waals surface area contributed by atoms with Crippen LogP contribution in [-0.2, 0) is 14.8 Å². The summed E-state index contributed by atoms with van der Waals surface area (Å²) in [5.74, 6) is 0.206. The van der Waals surface area contributed by atoms with E-state index in [9.17, 15) is 13.2 Å². The zero-order valence-electron chi connectivity index (χ0n) is 18.0. The van der Waals surface area contributed by atoms with Gasteiger partial charge in [0, 0.05) is 12.7 Å². The van der Waals surface area contributed by atoms with E-state index < -0.39 is 10.0 Å². The minimum absolute atomic E-state index is 0.149. The summed E-state index contributed by atoms with van der Waals surface area (Å²) in [5, 5.41) is 2.84. The lowest BCUT2D eigenvalue weighted by atomic mass is 10.1. The van der Waals surface area contributed by atoms with Crippen LogP contribution in [0.2, 0.25) is 0 Å². The van der Waals surface area contributed by atoms with E-state index in [1.165, 1.54) is 11.4 Å². The summed E-state index contributed by atoms with van der Waals surface area (Å²) < 4.78 is 32.4. The summed E-state index contributed by atoms with van der Waals surface area (Å²) in [6, 6.07) is 19.0. The van der Waals surface area contributed by atoms with Crippen molar-refractivity contribution in [1.29, 1.82) is 0 Å². The number of ether oxygens (including phenoxy) is 1. The predicted octanol–water partition coefficient (Wildman–Crippen LogP) is 4.45. The van der Waals surface area contributed by atoms with Gasteiger partial charge < -0.3 is 10.1 Å². The highest BCUT2D eigenvalue weighted by Crippen LogP contribution is 2.25. The van der Waals surface area contributed by atoms with Crippen LogP contribution in [-0.4, -0.2) is 28.0 Å². The molecule has 1 N–H and O–H groups in total. The van der Waals surface area contributed by atoms with Gasteiger partial charge in [-0.1, -0.05) is 29.8 Å². The molecule has 0 atom stereocenters. The fraction of sp³-hybridized carbons (Fsp3) is 0.208. The number of sulfonamides is 1. The number of nitrogens with one attached hydrogen (secondary N) is 1. The van der Waals surface area contributed by atoms with E-state index >= 15 is 0 Å². The highest BCUT2D eigenvalue weighted by Gasteiger charge is 2.21. The maximum absolute atomic E-state index is 12.8. The van der Waals surface area contributed by atoms with Gasteiger partial charge in [-0.05, 0) is 74.4 Å². The Hall–Kier alpha value is -3.32. The Balaban J connectivity index is 1.62. The monoisotopic (exact) mass is 438 g/mol. The summed E-state index contributed by atoms with van der Waals surface area (Å²) in [5.41, 5.74) is 4.35. The van der Waals surface area contributed by atoms with Crippen LogP contribution in [0.3, 0.4) is 0 Å². The number of rotatable bonds is 7. The third-order valence-corrected chi connectivity index (χ3v) is 6.93. The van der Waals surface area contributed by atoms with Crippen molar-refractivity contribution >= 4 is 27.3 Å². The van der Waals surface area contributed by atoms with Gasteiger partial charge >= 0.3 is 0 Å². The molecule has 31 heavy (non-hydrogen) atoms. The lowest BCUT2D eigenvalue weighted by molar-refractivity contribution is -0.118. The maximum atomic E-state index is 12.8. The van der Waals surface area contributed by atoms with E-state index in [1.54, 1.807) is 48.5 Å². The number of hydrogen-bond acceptors (Lipinski definition) is 4. The highest BCUT2D eigenvalue weighted by molar-refractivity contribution is 7.92. The first kappa shape index (κ1) is 22.4. The number of carbonyl (C=O) groups excluding carboxylic acids is 1. The van der Waals surface area contributed by atoms with Crippen molar-refractivity contribution in [2.75, 3.05) is 23.3 Å². The molecule has 6 nitrogen and oxygen atoms in total. The van der Waals surface area contributed by atoms with Crippen LogP contribution in [0.15, 0.2) is 71.6 Å². The summed E-state index contributed by atoms with van der Waals surface area (Å²) in [6.07, 6.45) is 0. The van der Waals surface area contributed by atoms with Crippen molar-refractivity contribution in [3.63, 3.8) is 0 Å². The molecule has 0 aromatic heterocycles. The normalized spacial score (nSPS) is 11.1. The van der Waals surface area contributed by atoms with Crippen molar-refractivity contribution in [1.82, 2.24) is 0 Å². The van der Waals surface area contributed by atoms with Gasteiger partial charge in [0.15, 0.2) is 6.61 Å². The molecule has 3 aromatic carbocycles. The fourth-order valence-electron chi connectivity index (χ4n) is 2.98. The first-order chi connectivity index (χ1) is 14.7. The number of hydrogen-bond donors (Lipinski definition) is 1. The highest BCUT2D eigenvalue weighted by atomic mass is 32.2. The number of anilines is 2. The van der Waals surface area contributed by atoms with Crippen LogP contribution < -0.4 is 14.4 Å².